The molecule has 0 bridgehead atoms. The van der Waals surface area contributed by atoms with Gasteiger partial charge in [-0.2, -0.15) is 0 Å². The van der Waals surface area contributed by atoms with E-state index in [2.05, 4.69) is 15.3 Å². The van der Waals surface area contributed by atoms with Gasteiger partial charge >= 0.3 is 0 Å². The number of rotatable bonds is 4. The van der Waals surface area contributed by atoms with Crippen LogP contribution in [0.15, 0.2) is 42.7 Å². The molecule has 0 radical (unpaired) electrons. The highest BCUT2D eigenvalue weighted by molar-refractivity contribution is 7.22. The Morgan fingerprint density at radius 3 is 2.76 bits per heavy atom. The first-order chi connectivity index (χ1) is 12.1. The second-order valence-corrected chi connectivity index (χ2v) is 7.32. The van der Waals surface area contributed by atoms with Crippen LogP contribution >= 0.6 is 22.7 Å². The maximum Gasteiger partial charge on any atom is 0.269 e. The summed E-state index contributed by atoms with van der Waals surface area (Å²) in [7, 11) is 1.62. The molecule has 1 aromatic carbocycles. The standard InChI is InChI=1S/C17H14N4O2S2/c1-10-14(25-17(18-10)21-7-3-4-8-21)15(22)20-16-19-12-6-5-11(23-2)9-13(12)24-16/h3-9H,1-2H3,(H,19,20,22). The molecule has 8 heteroatoms. The molecule has 1 N–H and O–H groups in total. The van der Waals surface area contributed by atoms with Crippen LogP contribution in [-0.2, 0) is 0 Å². The Morgan fingerprint density at radius 1 is 1.20 bits per heavy atom. The van der Waals surface area contributed by atoms with Crippen molar-refractivity contribution in [3.05, 3.63) is 53.3 Å². The number of hydrogen-bond donors (Lipinski definition) is 1. The van der Waals surface area contributed by atoms with Crippen LogP contribution in [0, 0.1) is 6.92 Å². The number of anilines is 1. The summed E-state index contributed by atoms with van der Waals surface area (Å²) in [5.41, 5.74) is 1.53. The largest absolute Gasteiger partial charge is 0.497 e. The molecule has 3 aromatic heterocycles. The smallest absolute Gasteiger partial charge is 0.269 e. The first-order valence-corrected chi connectivity index (χ1v) is 9.14. The monoisotopic (exact) mass is 370 g/mol. The van der Waals surface area contributed by atoms with Crippen molar-refractivity contribution in [3.8, 4) is 10.9 Å². The zero-order chi connectivity index (χ0) is 17.4. The van der Waals surface area contributed by atoms with E-state index in [0.717, 1.165) is 21.1 Å². The van der Waals surface area contributed by atoms with E-state index in [4.69, 9.17) is 4.74 Å². The fourth-order valence-corrected chi connectivity index (χ4v) is 4.22. The molecule has 0 saturated carbocycles. The second kappa shape index (κ2) is 6.30. The maximum atomic E-state index is 12.6. The van der Waals surface area contributed by atoms with Gasteiger partial charge in [0.15, 0.2) is 10.3 Å². The van der Waals surface area contributed by atoms with Crippen molar-refractivity contribution in [2.45, 2.75) is 6.92 Å². The van der Waals surface area contributed by atoms with E-state index in [1.165, 1.54) is 22.7 Å². The average Bonchev–Trinajstić information content (AvgIpc) is 3.32. The molecule has 0 unspecified atom stereocenters. The summed E-state index contributed by atoms with van der Waals surface area (Å²) in [5, 5.41) is 4.20. The molecule has 1 amide bonds. The average molecular weight is 370 g/mol. The van der Waals surface area contributed by atoms with Gasteiger partial charge in [0.1, 0.15) is 10.6 Å². The molecule has 126 valence electrons. The van der Waals surface area contributed by atoms with Crippen LogP contribution in [0.25, 0.3) is 15.3 Å². The molecule has 0 saturated heterocycles. The van der Waals surface area contributed by atoms with Crippen molar-refractivity contribution in [2.75, 3.05) is 12.4 Å². The molecule has 0 aliphatic heterocycles. The first kappa shape index (κ1) is 15.8. The van der Waals surface area contributed by atoms with E-state index in [1.807, 2.05) is 54.2 Å². The fraction of sp³-hybridized carbons (Fsp3) is 0.118. The summed E-state index contributed by atoms with van der Waals surface area (Å²) in [6.07, 6.45) is 3.81. The zero-order valence-electron chi connectivity index (χ0n) is 13.5. The van der Waals surface area contributed by atoms with Gasteiger partial charge in [-0.25, -0.2) is 9.97 Å². The predicted octanol–water partition coefficient (Wildman–Crippen LogP) is 4.11. The Labute approximate surface area is 151 Å². The number of nitrogens with zero attached hydrogens (tertiary/aromatic N) is 3. The lowest BCUT2D eigenvalue weighted by atomic mass is 10.3. The zero-order valence-corrected chi connectivity index (χ0v) is 15.1. The molecule has 0 fully saturated rings. The van der Waals surface area contributed by atoms with Crippen LogP contribution in [0.3, 0.4) is 0 Å². The molecule has 6 nitrogen and oxygen atoms in total. The van der Waals surface area contributed by atoms with Gasteiger partial charge in [-0.05, 0) is 37.3 Å². The third-order valence-electron chi connectivity index (χ3n) is 3.63. The number of carbonyl (C=O) groups excluding carboxylic acids is 1. The summed E-state index contributed by atoms with van der Waals surface area (Å²) in [4.78, 5) is 22.1. The summed E-state index contributed by atoms with van der Waals surface area (Å²) in [6, 6.07) is 9.48. The van der Waals surface area contributed by atoms with Crippen LogP contribution in [-0.4, -0.2) is 27.6 Å². The SMILES string of the molecule is COc1ccc2nc(NC(=O)c3sc(-n4cccc4)nc3C)sc2c1. The number of carbonyl (C=O) groups is 1. The molecule has 3 heterocycles. The lowest BCUT2D eigenvalue weighted by Crippen LogP contribution is -2.11. The normalized spacial score (nSPS) is 11.0. The molecule has 0 aliphatic carbocycles. The minimum atomic E-state index is -0.195. The minimum Gasteiger partial charge on any atom is -0.497 e. The number of fused-ring (bicyclic) bond motifs is 1. The van der Waals surface area contributed by atoms with E-state index in [1.54, 1.807) is 7.11 Å². The lowest BCUT2D eigenvalue weighted by molar-refractivity contribution is 0.103. The van der Waals surface area contributed by atoms with Gasteiger partial charge in [-0.3, -0.25) is 10.1 Å². The van der Waals surface area contributed by atoms with Crippen molar-refractivity contribution in [1.29, 1.82) is 0 Å². The number of aryl methyl sites for hydroxylation is 1. The Hall–Kier alpha value is -2.71. The van der Waals surface area contributed by atoms with E-state index in [0.29, 0.717) is 15.7 Å². The van der Waals surface area contributed by atoms with Gasteiger partial charge in [0.2, 0.25) is 0 Å². The van der Waals surface area contributed by atoms with Crippen LogP contribution in [0.4, 0.5) is 5.13 Å². The predicted molar refractivity (Wildman–Crippen MR) is 100 cm³/mol. The van der Waals surface area contributed by atoms with Crippen molar-refractivity contribution in [2.24, 2.45) is 0 Å². The van der Waals surface area contributed by atoms with E-state index < -0.39 is 0 Å². The summed E-state index contributed by atoms with van der Waals surface area (Å²) in [6.45, 7) is 1.83. The maximum absolute atomic E-state index is 12.6. The summed E-state index contributed by atoms with van der Waals surface area (Å²) >= 11 is 2.77. The first-order valence-electron chi connectivity index (χ1n) is 7.51. The van der Waals surface area contributed by atoms with Crippen molar-refractivity contribution >= 4 is 43.9 Å². The highest BCUT2D eigenvalue weighted by atomic mass is 32.1. The van der Waals surface area contributed by atoms with Gasteiger partial charge in [0.05, 0.1) is 23.0 Å². The van der Waals surface area contributed by atoms with E-state index >= 15 is 0 Å². The number of hydrogen-bond acceptors (Lipinski definition) is 6. The lowest BCUT2D eigenvalue weighted by Gasteiger charge is -1.98. The van der Waals surface area contributed by atoms with Gasteiger partial charge < -0.3 is 9.30 Å². The minimum absolute atomic E-state index is 0.195. The number of nitrogens with one attached hydrogen (secondary N) is 1. The number of thiazole rings is 2. The van der Waals surface area contributed by atoms with Crippen molar-refractivity contribution in [1.82, 2.24) is 14.5 Å². The van der Waals surface area contributed by atoms with Gasteiger partial charge in [0.25, 0.3) is 5.91 Å². The third-order valence-corrected chi connectivity index (χ3v) is 5.74. The molecule has 25 heavy (non-hydrogen) atoms. The molecular formula is C17H14N4O2S2. The topological polar surface area (TPSA) is 69.0 Å². The van der Waals surface area contributed by atoms with Crippen LogP contribution in [0.2, 0.25) is 0 Å². The Morgan fingerprint density at radius 2 is 2.00 bits per heavy atom. The molecule has 0 spiro atoms. The fourth-order valence-electron chi connectivity index (χ4n) is 2.40. The highest BCUT2D eigenvalue weighted by Crippen LogP contribution is 2.30. The quantitative estimate of drug-likeness (QED) is 0.587. The summed E-state index contributed by atoms with van der Waals surface area (Å²) in [5.74, 6) is 0.572. The van der Waals surface area contributed by atoms with E-state index in [9.17, 15) is 4.79 Å². The highest BCUT2D eigenvalue weighted by Gasteiger charge is 2.17. The molecule has 4 aromatic rings. The molecule has 0 atom stereocenters. The third kappa shape index (κ3) is 3.01. The Kier molecular flexibility index (Phi) is 3.98. The Bertz CT molecular complexity index is 1050. The van der Waals surface area contributed by atoms with Crippen LogP contribution in [0.5, 0.6) is 5.75 Å². The second-order valence-electron chi connectivity index (χ2n) is 5.31. The summed E-state index contributed by atoms with van der Waals surface area (Å²) < 4.78 is 8.07. The number of benzene rings is 1. The van der Waals surface area contributed by atoms with Crippen molar-refractivity contribution in [3.63, 3.8) is 0 Å². The van der Waals surface area contributed by atoms with Crippen molar-refractivity contribution < 1.29 is 9.53 Å². The molecular weight excluding hydrogens is 356 g/mol. The van der Waals surface area contributed by atoms with E-state index in [-0.39, 0.29) is 5.91 Å². The number of ether oxygens (including phenoxy) is 1. The van der Waals surface area contributed by atoms with Crippen LogP contribution < -0.4 is 10.1 Å². The van der Waals surface area contributed by atoms with Gasteiger partial charge in [-0.15, -0.1) is 0 Å². The number of amides is 1. The number of aromatic nitrogens is 3. The molecule has 4 rings (SSSR count). The van der Waals surface area contributed by atoms with Gasteiger partial charge in [-0.1, -0.05) is 22.7 Å². The van der Waals surface area contributed by atoms with Gasteiger partial charge in [0, 0.05) is 12.4 Å². The molecule has 0 aliphatic rings. The Balaban J connectivity index is 1.60. The number of methoxy groups -OCH3 is 1. The van der Waals surface area contributed by atoms with Crippen LogP contribution in [0.1, 0.15) is 15.4 Å².